The molecule has 8 nitrogen and oxygen atoms in total. The number of nitrogens with two attached hydrogens (primary N) is 1. The number of ether oxygens (including phenoxy) is 2. The first kappa shape index (κ1) is 28.2. The van der Waals surface area contributed by atoms with Crippen LogP contribution in [0.25, 0.3) is 10.9 Å². The monoisotopic (exact) mass is 537 g/mol. The lowest BCUT2D eigenvalue weighted by Gasteiger charge is -2.29. The molecule has 1 amide bonds. The van der Waals surface area contributed by atoms with Gasteiger partial charge in [-0.1, -0.05) is 12.1 Å². The number of carbonyl (C=O) groups excluding carboxylic acids is 1. The second-order valence-electron chi connectivity index (χ2n) is 10.00. The third kappa shape index (κ3) is 6.23. The largest absolute Gasteiger partial charge is 0.497 e. The van der Waals surface area contributed by atoms with Crippen molar-refractivity contribution in [3.63, 3.8) is 0 Å². The average Bonchev–Trinajstić information content (AvgIpc) is 3.58. The highest BCUT2D eigenvalue weighted by Crippen LogP contribution is 2.49. The topological polar surface area (TPSA) is 102 Å². The lowest BCUT2D eigenvalue weighted by molar-refractivity contribution is 0.0930. The molecule has 2 aliphatic heterocycles. The SMILES string of the molecule is C1CC2CNCCN2C1.COc1ccc(C)c(C(=O)NC2(c3cc(OC)cc4ncccc34)CC2)c1.NS. The van der Waals surface area contributed by atoms with Crippen LogP contribution >= 0.6 is 12.8 Å². The van der Waals surface area contributed by atoms with Gasteiger partial charge in [-0.25, -0.2) is 0 Å². The van der Waals surface area contributed by atoms with Gasteiger partial charge in [-0.05, 0) is 74.5 Å². The van der Waals surface area contributed by atoms with Crippen molar-refractivity contribution in [2.75, 3.05) is 40.4 Å². The van der Waals surface area contributed by atoms with E-state index in [9.17, 15) is 4.79 Å². The van der Waals surface area contributed by atoms with Crippen LogP contribution in [0.15, 0.2) is 48.7 Å². The first-order valence-corrected chi connectivity index (χ1v) is 13.7. The molecule has 38 heavy (non-hydrogen) atoms. The Hall–Kier alpha value is -2.85. The highest BCUT2D eigenvalue weighted by molar-refractivity contribution is 7.77. The predicted octanol–water partition coefficient (Wildman–Crippen LogP) is 3.82. The number of hydrogen-bond donors (Lipinski definition) is 4. The number of hydrogen-bond acceptors (Lipinski definition) is 8. The first-order chi connectivity index (χ1) is 18.5. The van der Waals surface area contributed by atoms with Gasteiger partial charge in [-0.15, -0.1) is 12.8 Å². The van der Waals surface area contributed by atoms with Crippen molar-refractivity contribution in [2.45, 2.75) is 44.2 Å². The summed E-state index contributed by atoms with van der Waals surface area (Å²) in [6, 6.07) is 14.3. The third-order valence-corrected chi connectivity index (χ3v) is 7.69. The summed E-state index contributed by atoms with van der Waals surface area (Å²) in [5.41, 5.74) is 3.08. The van der Waals surface area contributed by atoms with E-state index >= 15 is 0 Å². The van der Waals surface area contributed by atoms with E-state index in [0.29, 0.717) is 11.3 Å². The molecule has 0 spiro atoms. The Morgan fingerprint density at radius 3 is 2.63 bits per heavy atom. The van der Waals surface area contributed by atoms with Gasteiger partial charge in [0.25, 0.3) is 5.91 Å². The molecule has 6 rings (SSSR count). The number of methoxy groups -OCH3 is 2. The van der Waals surface area contributed by atoms with Crippen molar-refractivity contribution < 1.29 is 14.3 Å². The van der Waals surface area contributed by atoms with Crippen molar-refractivity contribution in [1.29, 1.82) is 0 Å². The minimum absolute atomic E-state index is 0.0937. The van der Waals surface area contributed by atoms with Crippen LogP contribution < -0.4 is 25.2 Å². The fourth-order valence-corrected chi connectivity index (χ4v) is 5.43. The van der Waals surface area contributed by atoms with Gasteiger partial charge in [0, 0.05) is 48.9 Å². The molecule has 2 aromatic carbocycles. The molecule has 1 aromatic heterocycles. The second kappa shape index (κ2) is 12.8. The number of pyridine rings is 1. The van der Waals surface area contributed by atoms with E-state index in [0.717, 1.165) is 46.7 Å². The third-order valence-electron chi connectivity index (χ3n) is 7.69. The smallest absolute Gasteiger partial charge is 0.252 e. The maximum Gasteiger partial charge on any atom is 0.252 e. The van der Waals surface area contributed by atoms with Crippen LogP contribution in [0.1, 0.15) is 47.2 Å². The molecule has 3 aromatic rings. The van der Waals surface area contributed by atoms with Crippen LogP contribution in [-0.2, 0) is 5.54 Å². The van der Waals surface area contributed by atoms with Crippen LogP contribution in [0, 0.1) is 6.92 Å². The zero-order valence-electron chi connectivity index (χ0n) is 22.5. The van der Waals surface area contributed by atoms with Gasteiger partial charge in [0.05, 0.1) is 25.3 Å². The molecule has 1 unspecified atom stereocenters. The van der Waals surface area contributed by atoms with Gasteiger partial charge in [0.2, 0.25) is 0 Å². The summed E-state index contributed by atoms with van der Waals surface area (Å²) < 4.78 is 10.7. The van der Waals surface area contributed by atoms with Crippen molar-refractivity contribution in [1.82, 2.24) is 20.5 Å². The fourth-order valence-electron chi connectivity index (χ4n) is 5.43. The molecule has 1 atom stereocenters. The van der Waals surface area contributed by atoms with Crippen molar-refractivity contribution in [3.05, 3.63) is 65.4 Å². The summed E-state index contributed by atoms with van der Waals surface area (Å²) in [6.45, 7) is 7.01. The molecular weight excluding hydrogens is 498 g/mol. The number of carbonyl (C=O) groups is 1. The Balaban J connectivity index is 0.000000254. The first-order valence-electron chi connectivity index (χ1n) is 13.1. The molecule has 204 valence electrons. The molecular formula is C29H39N5O3S. The number of nitrogens with one attached hydrogen (secondary N) is 2. The maximum atomic E-state index is 13.0. The minimum Gasteiger partial charge on any atom is -0.497 e. The summed E-state index contributed by atoms with van der Waals surface area (Å²) >= 11 is 3.03. The quantitative estimate of drug-likeness (QED) is 0.367. The predicted molar refractivity (Wildman–Crippen MR) is 155 cm³/mol. The number of piperazine rings is 1. The minimum atomic E-state index is -0.386. The van der Waals surface area contributed by atoms with E-state index in [2.05, 4.69) is 38.5 Å². The molecule has 1 saturated carbocycles. The Morgan fingerprint density at radius 2 is 1.92 bits per heavy atom. The molecule has 3 fully saturated rings. The fraction of sp³-hybridized carbons (Fsp3) is 0.448. The van der Waals surface area contributed by atoms with Gasteiger partial charge in [-0.2, -0.15) is 0 Å². The number of nitrogens with zero attached hydrogens (tertiary/aromatic N) is 2. The molecule has 2 saturated heterocycles. The Morgan fingerprint density at radius 1 is 1.13 bits per heavy atom. The summed E-state index contributed by atoms with van der Waals surface area (Å²) in [5.74, 6) is 1.32. The molecule has 3 aliphatic rings. The number of aromatic nitrogens is 1. The Kier molecular flexibility index (Phi) is 9.49. The van der Waals surface area contributed by atoms with Crippen molar-refractivity contribution >= 4 is 29.6 Å². The number of thiol groups is 1. The number of amides is 1. The lowest BCUT2D eigenvalue weighted by atomic mass is 9.97. The standard InChI is InChI=1S/C22H22N2O3.C7H14N2.H3NS/c1-14-6-7-15(26-2)11-18(14)21(25)24-22(8-9-22)19-12-16(27-3)13-20-17(19)5-4-10-23-20;1-2-7-6-8-3-5-9(7)4-1;1-2/h4-7,10-13H,8-9H2,1-3H3,(H,24,25);7-8H,1-6H2;2H,1H2. The van der Waals surface area contributed by atoms with E-state index in [1.807, 2.05) is 43.3 Å². The Bertz CT molecular complexity index is 1240. The lowest BCUT2D eigenvalue weighted by Crippen LogP contribution is -2.47. The van der Waals surface area contributed by atoms with E-state index in [4.69, 9.17) is 9.47 Å². The highest BCUT2D eigenvalue weighted by atomic mass is 32.1. The molecule has 9 heteroatoms. The van der Waals surface area contributed by atoms with Crippen LogP contribution in [0.2, 0.25) is 0 Å². The normalized spacial score (nSPS) is 19.2. The number of rotatable bonds is 5. The number of aryl methyl sites for hydroxylation is 1. The van der Waals surface area contributed by atoms with E-state index in [1.54, 1.807) is 26.5 Å². The molecule has 0 bridgehead atoms. The van der Waals surface area contributed by atoms with Gasteiger partial charge in [-0.3, -0.25) is 19.8 Å². The molecule has 3 heterocycles. The highest BCUT2D eigenvalue weighted by Gasteiger charge is 2.47. The van der Waals surface area contributed by atoms with E-state index in [-0.39, 0.29) is 11.4 Å². The Labute approximate surface area is 230 Å². The summed E-state index contributed by atoms with van der Waals surface area (Å²) in [6.07, 6.45) is 6.39. The molecule has 0 radical (unpaired) electrons. The second-order valence-corrected chi connectivity index (χ2v) is 10.00. The van der Waals surface area contributed by atoms with Gasteiger partial charge in [0.15, 0.2) is 0 Å². The van der Waals surface area contributed by atoms with Crippen LogP contribution in [0.5, 0.6) is 11.5 Å². The molecule has 1 aliphatic carbocycles. The van der Waals surface area contributed by atoms with E-state index in [1.165, 1.54) is 39.0 Å². The summed E-state index contributed by atoms with van der Waals surface area (Å²) in [5, 5.41) is 11.9. The summed E-state index contributed by atoms with van der Waals surface area (Å²) in [7, 11) is 3.25. The summed E-state index contributed by atoms with van der Waals surface area (Å²) in [4.78, 5) is 20.1. The number of fused-ring (bicyclic) bond motifs is 2. The van der Waals surface area contributed by atoms with E-state index < -0.39 is 0 Å². The van der Waals surface area contributed by atoms with Crippen LogP contribution in [-0.4, -0.2) is 62.2 Å². The zero-order valence-corrected chi connectivity index (χ0v) is 23.4. The van der Waals surface area contributed by atoms with Gasteiger partial charge < -0.3 is 20.1 Å². The van der Waals surface area contributed by atoms with Crippen LogP contribution in [0.3, 0.4) is 0 Å². The van der Waals surface area contributed by atoms with Gasteiger partial charge >= 0.3 is 0 Å². The average molecular weight is 538 g/mol. The van der Waals surface area contributed by atoms with Crippen molar-refractivity contribution in [3.8, 4) is 11.5 Å². The van der Waals surface area contributed by atoms with Gasteiger partial charge in [0.1, 0.15) is 11.5 Å². The molecule has 4 N–H and O–H groups in total. The zero-order chi connectivity index (χ0) is 27.1. The number of benzene rings is 2. The van der Waals surface area contributed by atoms with Crippen LogP contribution in [0.4, 0.5) is 0 Å². The maximum absolute atomic E-state index is 13.0. The van der Waals surface area contributed by atoms with Crippen molar-refractivity contribution in [2.24, 2.45) is 5.14 Å².